The van der Waals surface area contributed by atoms with Gasteiger partial charge in [-0.25, -0.2) is 14.4 Å². The summed E-state index contributed by atoms with van der Waals surface area (Å²) < 4.78 is 18.4. The molecule has 0 atom stereocenters. The van der Waals surface area contributed by atoms with E-state index in [-0.39, 0.29) is 5.82 Å². The molecule has 0 spiro atoms. The Balaban J connectivity index is 1.57. The topological polar surface area (TPSA) is 58.5 Å². The molecule has 0 radical (unpaired) electrons. The highest BCUT2D eigenvalue weighted by Crippen LogP contribution is 2.20. The van der Waals surface area contributed by atoms with Gasteiger partial charge >= 0.3 is 0 Å². The number of rotatable bonds is 6. The summed E-state index contributed by atoms with van der Waals surface area (Å²) in [4.78, 5) is 8.83. The minimum atomic E-state index is -0.292. The Labute approximate surface area is 141 Å². The van der Waals surface area contributed by atoms with Crippen LogP contribution in [0.15, 0.2) is 47.6 Å². The summed E-state index contributed by atoms with van der Waals surface area (Å²) in [7, 11) is 0. The van der Waals surface area contributed by atoms with Crippen LogP contribution >= 0.6 is 0 Å². The van der Waals surface area contributed by atoms with Crippen LogP contribution in [0.3, 0.4) is 0 Å². The third-order valence-electron chi connectivity index (χ3n) is 3.52. The van der Waals surface area contributed by atoms with Crippen molar-refractivity contribution in [2.75, 3.05) is 6.54 Å². The fourth-order valence-electron chi connectivity index (χ4n) is 2.10. The second-order valence-corrected chi connectivity index (χ2v) is 5.67. The smallest absolute Gasteiger partial charge is 0.219 e. The van der Waals surface area contributed by atoms with Gasteiger partial charge in [-0.3, -0.25) is 0 Å². The van der Waals surface area contributed by atoms with Crippen molar-refractivity contribution in [3.05, 3.63) is 54.0 Å². The predicted molar refractivity (Wildman–Crippen MR) is 91.7 cm³/mol. The molecule has 5 nitrogen and oxygen atoms in total. The van der Waals surface area contributed by atoms with E-state index in [0.29, 0.717) is 24.2 Å². The molecule has 0 bridgehead atoms. The number of guanidine groups is 1. The highest BCUT2D eigenvalue weighted by Gasteiger charge is 2.21. The largest absolute Gasteiger partial charge is 0.439 e. The Bertz CT molecular complexity index is 681. The van der Waals surface area contributed by atoms with Crippen LogP contribution in [-0.2, 0) is 6.54 Å². The van der Waals surface area contributed by atoms with E-state index < -0.39 is 0 Å². The first-order chi connectivity index (χ1) is 11.7. The zero-order chi connectivity index (χ0) is 16.8. The highest BCUT2D eigenvalue weighted by molar-refractivity contribution is 5.80. The molecule has 3 rings (SSSR count). The van der Waals surface area contributed by atoms with Gasteiger partial charge in [-0.1, -0.05) is 6.07 Å². The van der Waals surface area contributed by atoms with Gasteiger partial charge in [0.15, 0.2) is 5.96 Å². The molecule has 0 amide bonds. The average molecular weight is 328 g/mol. The zero-order valence-electron chi connectivity index (χ0n) is 13.6. The molecule has 0 unspecified atom stereocenters. The van der Waals surface area contributed by atoms with Crippen LogP contribution in [0, 0.1) is 5.82 Å². The number of benzene rings is 1. The molecule has 24 heavy (non-hydrogen) atoms. The van der Waals surface area contributed by atoms with Gasteiger partial charge in [-0.05, 0) is 49.6 Å². The minimum Gasteiger partial charge on any atom is -0.439 e. The van der Waals surface area contributed by atoms with Crippen LogP contribution in [0.25, 0.3) is 0 Å². The van der Waals surface area contributed by atoms with Crippen molar-refractivity contribution in [3.8, 4) is 11.6 Å². The summed E-state index contributed by atoms with van der Waals surface area (Å²) in [6.07, 6.45) is 4.16. The molecule has 0 aliphatic heterocycles. The number of aromatic nitrogens is 1. The van der Waals surface area contributed by atoms with Gasteiger partial charge < -0.3 is 15.4 Å². The highest BCUT2D eigenvalue weighted by atomic mass is 19.1. The minimum absolute atomic E-state index is 0.292. The second-order valence-electron chi connectivity index (χ2n) is 5.67. The van der Waals surface area contributed by atoms with Crippen LogP contribution in [0.5, 0.6) is 11.6 Å². The van der Waals surface area contributed by atoms with Gasteiger partial charge in [0.2, 0.25) is 5.88 Å². The summed E-state index contributed by atoms with van der Waals surface area (Å²) in [5.41, 5.74) is 0.995. The SMILES string of the molecule is CCNC(=NCc1ccc(Oc2ccc(F)cc2)nc1)NC1CC1. The fraction of sp³-hybridized carbons (Fsp3) is 0.333. The number of aliphatic imine (C=N–C) groups is 1. The molecule has 2 aromatic rings. The monoisotopic (exact) mass is 328 g/mol. The van der Waals surface area contributed by atoms with E-state index in [1.165, 1.54) is 25.0 Å². The average Bonchev–Trinajstić information content (AvgIpc) is 3.40. The van der Waals surface area contributed by atoms with E-state index in [1.54, 1.807) is 24.4 Å². The van der Waals surface area contributed by atoms with Crippen LogP contribution < -0.4 is 15.4 Å². The van der Waals surface area contributed by atoms with E-state index in [9.17, 15) is 4.39 Å². The van der Waals surface area contributed by atoms with Crippen molar-refractivity contribution in [1.29, 1.82) is 0 Å². The number of halogens is 1. The van der Waals surface area contributed by atoms with Gasteiger partial charge in [0.05, 0.1) is 6.54 Å². The number of hydrogen-bond donors (Lipinski definition) is 2. The van der Waals surface area contributed by atoms with Gasteiger partial charge in [-0.15, -0.1) is 0 Å². The third kappa shape index (κ3) is 4.94. The third-order valence-corrected chi connectivity index (χ3v) is 3.52. The van der Waals surface area contributed by atoms with Crippen molar-refractivity contribution in [1.82, 2.24) is 15.6 Å². The van der Waals surface area contributed by atoms with Crippen LogP contribution in [-0.4, -0.2) is 23.5 Å². The normalized spacial score (nSPS) is 14.3. The molecule has 1 fully saturated rings. The first kappa shape index (κ1) is 16.2. The summed E-state index contributed by atoms with van der Waals surface area (Å²) in [5, 5.41) is 6.61. The lowest BCUT2D eigenvalue weighted by molar-refractivity contribution is 0.461. The maximum atomic E-state index is 12.9. The first-order valence-electron chi connectivity index (χ1n) is 8.16. The Morgan fingerprint density at radius 2 is 2.04 bits per heavy atom. The number of ether oxygens (including phenoxy) is 1. The maximum absolute atomic E-state index is 12.9. The Kier molecular flexibility index (Phi) is 5.25. The molecule has 1 saturated carbocycles. The Morgan fingerprint density at radius 1 is 1.25 bits per heavy atom. The van der Waals surface area contributed by atoms with E-state index in [4.69, 9.17) is 4.74 Å². The van der Waals surface area contributed by atoms with Crippen LogP contribution in [0.2, 0.25) is 0 Å². The van der Waals surface area contributed by atoms with Crippen molar-refractivity contribution < 1.29 is 9.13 Å². The lowest BCUT2D eigenvalue weighted by Crippen LogP contribution is -2.38. The van der Waals surface area contributed by atoms with Crippen molar-refractivity contribution in [3.63, 3.8) is 0 Å². The summed E-state index contributed by atoms with van der Waals surface area (Å²) in [5.74, 6) is 1.57. The summed E-state index contributed by atoms with van der Waals surface area (Å²) >= 11 is 0. The quantitative estimate of drug-likeness (QED) is 0.631. The van der Waals surface area contributed by atoms with E-state index in [0.717, 1.165) is 18.1 Å². The number of nitrogens with zero attached hydrogens (tertiary/aromatic N) is 2. The van der Waals surface area contributed by atoms with Crippen molar-refractivity contribution >= 4 is 5.96 Å². The molecular weight excluding hydrogens is 307 g/mol. The summed E-state index contributed by atoms with van der Waals surface area (Å²) in [6.45, 7) is 3.43. The first-order valence-corrected chi connectivity index (χ1v) is 8.16. The molecule has 1 aliphatic carbocycles. The maximum Gasteiger partial charge on any atom is 0.219 e. The van der Waals surface area contributed by atoms with E-state index in [1.807, 2.05) is 13.0 Å². The number of hydrogen-bond acceptors (Lipinski definition) is 3. The van der Waals surface area contributed by atoms with E-state index in [2.05, 4.69) is 20.6 Å². The van der Waals surface area contributed by atoms with Gasteiger partial charge in [-0.2, -0.15) is 0 Å². The molecule has 6 heteroatoms. The molecule has 1 aliphatic rings. The Hall–Kier alpha value is -2.63. The molecule has 126 valence electrons. The van der Waals surface area contributed by atoms with Gasteiger partial charge in [0.25, 0.3) is 0 Å². The second kappa shape index (κ2) is 7.77. The molecule has 1 aromatic carbocycles. The summed E-state index contributed by atoms with van der Waals surface area (Å²) in [6, 6.07) is 10.1. The number of pyridine rings is 1. The van der Waals surface area contributed by atoms with Gasteiger partial charge in [0, 0.05) is 24.8 Å². The van der Waals surface area contributed by atoms with Crippen molar-refractivity contribution in [2.24, 2.45) is 4.99 Å². The lowest BCUT2D eigenvalue weighted by Gasteiger charge is -2.10. The molecule has 1 heterocycles. The van der Waals surface area contributed by atoms with Gasteiger partial charge in [0.1, 0.15) is 11.6 Å². The lowest BCUT2D eigenvalue weighted by atomic mass is 10.3. The van der Waals surface area contributed by atoms with E-state index >= 15 is 0 Å². The van der Waals surface area contributed by atoms with Crippen LogP contribution in [0.1, 0.15) is 25.3 Å². The standard InChI is InChI=1S/C18H21FN4O/c1-2-20-18(23-15-6-7-15)22-12-13-3-10-17(21-11-13)24-16-8-4-14(19)5-9-16/h3-5,8-11,15H,2,6-7,12H2,1H3,(H2,20,22,23). The molecule has 2 N–H and O–H groups in total. The van der Waals surface area contributed by atoms with Crippen molar-refractivity contribution in [2.45, 2.75) is 32.4 Å². The van der Waals surface area contributed by atoms with Crippen LogP contribution in [0.4, 0.5) is 4.39 Å². The fourth-order valence-corrected chi connectivity index (χ4v) is 2.10. The number of nitrogens with one attached hydrogen (secondary N) is 2. The molecule has 0 saturated heterocycles. The molecule has 1 aromatic heterocycles. The molecular formula is C18H21FN4O. The Morgan fingerprint density at radius 3 is 2.67 bits per heavy atom. The zero-order valence-corrected chi connectivity index (χ0v) is 13.6. The predicted octanol–water partition coefficient (Wildman–Crippen LogP) is 3.23.